The Labute approximate surface area is 168 Å². The number of hydrogen-bond acceptors (Lipinski definition) is 4. The Balaban J connectivity index is 1.84. The van der Waals surface area contributed by atoms with Gasteiger partial charge in [0.15, 0.2) is 0 Å². The zero-order chi connectivity index (χ0) is 20.4. The van der Waals surface area contributed by atoms with Gasteiger partial charge in [-0.3, -0.25) is 9.59 Å². The topological polar surface area (TPSA) is 78.9 Å². The number of nitrogens with zero attached hydrogens (tertiary/aromatic N) is 1. The minimum atomic E-state index is -0.855. The van der Waals surface area contributed by atoms with Crippen LogP contribution in [0.3, 0.4) is 0 Å². The molecule has 1 amide bonds. The van der Waals surface area contributed by atoms with Crippen molar-refractivity contribution < 1.29 is 19.4 Å². The molecule has 0 aliphatic heterocycles. The van der Waals surface area contributed by atoms with Gasteiger partial charge >= 0.3 is 5.97 Å². The molecule has 2 rings (SSSR count). The molecule has 28 heavy (non-hydrogen) atoms. The molecule has 0 bridgehead atoms. The lowest BCUT2D eigenvalue weighted by Gasteiger charge is -2.27. The summed E-state index contributed by atoms with van der Waals surface area (Å²) in [6.07, 6.45) is 3.73. The van der Waals surface area contributed by atoms with Crippen LogP contribution < -0.4 is 10.1 Å². The standard InChI is InChI=1S/C22H34N2O4/c1-3-24(4-2)15-16-28-20-12-8-5-9-17(20)13-14-23-21(25)18-10-6-7-11-19(18)22(26)27/h5,8-9,12,18-19H,3-4,6-7,10-11,13-16H2,1-2H3,(H,23,25)(H,26,27). The third-order valence-corrected chi connectivity index (χ3v) is 5.65. The first-order chi connectivity index (χ1) is 13.6. The number of carboxylic acids is 1. The van der Waals surface area contributed by atoms with Gasteiger partial charge in [0.25, 0.3) is 0 Å². The lowest BCUT2D eigenvalue weighted by Crippen LogP contribution is -2.40. The van der Waals surface area contributed by atoms with E-state index in [-0.39, 0.29) is 5.91 Å². The van der Waals surface area contributed by atoms with E-state index in [4.69, 9.17) is 4.74 Å². The minimum Gasteiger partial charge on any atom is -0.492 e. The van der Waals surface area contributed by atoms with Gasteiger partial charge in [0.05, 0.1) is 11.8 Å². The van der Waals surface area contributed by atoms with Crippen molar-refractivity contribution in [1.29, 1.82) is 0 Å². The molecule has 1 aliphatic rings. The van der Waals surface area contributed by atoms with E-state index in [9.17, 15) is 14.7 Å². The van der Waals surface area contributed by atoms with Gasteiger partial charge in [-0.2, -0.15) is 0 Å². The summed E-state index contributed by atoms with van der Waals surface area (Å²) in [5.74, 6) is -1.10. The zero-order valence-electron chi connectivity index (χ0n) is 17.2. The Bertz CT molecular complexity index is 631. The molecule has 0 aromatic heterocycles. The third-order valence-electron chi connectivity index (χ3n) is 5.65. The molecule has 6 nitrogen and oxygen atoms in total. The van der Waals surface area contributed by atoms with Gasteiger partial charge in [0.1, 0.15) is 12.4 Å². The lowest BCUT2D eigenvalue weighted by atomic mass is 9.78. The highest BCUT2D eigenvalue weighted by Crippen LogP contribution is 2.30. The first kappa shape index (κ1) is 22.2. The minimum absolute atomic E-state index is 0.132. The highest BCUT2D eigenvalue weighted by atomic mass is 16.5. The molecule has 2 atom stereocenters. The molecule has 2 unspecified atom stereocenters. The molecule has 1 aromatic carbocycles. The van der Waals surface area contributed by atoms with Crippen LogP contribution in [0.15, 0.2) is 24.3 Å². The van der Waals surface area contributed by atoms with Gasteiger partial charge < -0.3 is 20.1 Å². The van der Waals surface area contributed by atoms with E-state index < -0.39 is 17.8 Å². The molecule has 1 saturated carbocycles. The zero-order valence-corrected chi connectivity index (χ0v) is 17.2. The van der Waals surface area contributed by atoms with Gasteiger partial charge in [-0.05, 0) is 44.0 Å². The van der Waals surface area contributed by atoms with E-state index in [0.29, 0.717) is 32.4 Å². The summed E-state index contributed by atoms with van der Waals surface area (Å²) >= 11 is 0. The van der Waals surface area contributed by atoms with E-state index in [1.54, 1.807) is 0 Å². The summed E-state index contributed by atoms with van der Waals surface area (Å²) in [4.78, 5) is 26.2. The molecule has 1 aromatic rings. The summed E-state index contributed by atoms with van der Waals surface area (Å²) in [7, 11) is 0. The van der Waals surface area contributed by atoms with E-state index in [0.717, 1.165) is 43.8 Å². The maximum Gasteiger partial charge on any atom is 0.307 e. The predicted molar refractivity (Wildman–Crippen MR) is 110 cm³/mol. The second kappa shape index (κ2) is 11.7. The van der Waals surface area contributed by atoms with Gasteiger partial charge in [0, 0.05) is 13.1 Å². The van der Waals surface area contributed by atoms with Crippen LogP contribution in [0.4, 0.5) is 0 Å². The number of hydrogen-bond donors (Lipinski definition) is 2. The molecule has 0 radical (unpaired) electrons. The number of rotatable bonds is 11. The van der Waals surface area contributed by atoms with Gasteiger partial charge in [-0.1, -0.05) is 44.9 Å². The number of para-hydroxylation sites is 1. The number of likely N-dealkylation sites (N-methyl/N-ethyl adjacent to an activating group) is 1. The van der Waals surface area contributed by atoms with Crippen LogP contribution in [0.25, 0.3) is 0 Å². The maximum absolute atomic E-state index is 12.5. The predicted octanol–water partition coefficient (Wildman–Crippen LogP) is 2.96. The molecule has 0 spiro atoms. The Morgan fingerprint density at radius 1 is 1.14 bits per heavy atom. The fraction of sp³-hybridized carbons (Fsp3) is 0.636. The van der Waals surface area contributed by atoms with Gasteiger partial charge in [-0.15, -0.1) is 0 Å². The van der Waals surface area contributed by atoms with Crippen LogP contribution >= 0.6 is 0 Å². The molecule has 2 N–H and O–H groups in total. The number of ether oxygens (including phenoxy) is 1. The first-order valence-corrected chi connectivity index (χ1v) is 10.5. The molecule has 156 valence electrons. The van der Waals surface area contributed by atoms with Crippen molar-refractivity contribution >= 4 is 11.9 Å². The summed E-state index contributed by atoms with van der Waals surface area (Å²) in [5, 5.41) is 12.3. The van der Waals surface area contributed by atoms with Crippen LogP contribution in [0.5, 0.6) is 5.75 Å². The molecular weight excluding hydrogens is 356 g/mol. The van der Waals surface area contributed by atoms with Gasteiger partial charge in [-0.25, -0.2) is 0 Å². The van der Waals surface area contributed by atoms with Crippen molar-refractivity contribution in [3.05, 3.63) is 29.8 Å². The third kappa shape index (κ3) is 6.51. The molecule has 0 heterocycles. The van der Waals surface area contributed by atoms with Crippen molar-refractivity contribution in [3.8, 4) is 5.75 Å². The second-order valence-corrected chi connectivity index (χ2v) is 7.36. The summed E-state index contributed by atoms with van der Waals surface area (Å²) in [6.45, 7) is 8.29. The van der Waals surface area contributed by atoms with Crippen LogP contribution in [0.1, 0.15) is 45.1 Å². The largest absolute Gasteiger partial charge is 0.492 e. The molecule has 6 heteroatoms. The Hall–Kier alpha value is -2.08. The van der Waals surface area contributed by atoms with Crippen LogP contribution in [-0.2, 0) is 16.0 Å². The van der Waals surface area contributed by atoms with Crippen LogP contribution in [0, 0.1) is 11.8 Å². The summed E-state index contributed by atoms with van der Waals surface area (Å²) in [5.41, 5.74) is 1.06. The molecule has 0 saturated heterocycles. The first-order valence-electron chi connectivity index (χ1n) is 10.5. The number of nitrogens with one attached hydrogen (secondary N) is 1. The molecule has 1 fully saturated rings. The average molecular weight is 391 g/mol. The number of carbonyl (C=O) groups excluding carboxylic acids is 1. The summed E-state index contributed by atoms with van der Waals surface area (Å²) in [6, 6.07) is 7.89. The monoisotopic (exact) mass is 390 g/mol. The number of carbonyl (C=O) groups is 2. The normalized spacial score (nSPS) is 19.4. The molecular formula is C22H34N2O4. The van der Waals surface area contributed by atoms with E-state index in [1.807, 2.05) is 24.3 Å². The number of amides is 1. The Morgan fingerprint density at radius 2 is 1.82 bits per heavy atom. The highest BCUT2D eigenvalue weighted by molar-refractivity contribution is 5.84. The summed E-state index contributed by atoms with van der Waals surface area (Å²) < 4.78 is 5.96. The highest BCUT2D eigenvalue weighted by Gasteiger charge is 2.35. The van der Waals surface area contributed by atoms with Gasteiger partial charge in [0.2, 0.25) is 5.91 Å². The smallest absolute Gasteiger partial charge is 0.307 e. The SMILES string of the molecule is CCN(CC)CCOc1ccccc1CCNC(=O)C1CCCCC1C(=O)O. The number of carboxylic acid groups (broad SMARTS) is 1. The van der Waals surface area contributed by atoms with Crippen molar-refractivity contribution in [3.63, 3.8) is 0 Å². The van der Waals surface area contributed by atoms with Crippen molar-refractivity contribution in [2.45, 2.75) is 46.0 Å². The average Bonchev–Trinajstić information content (AvgIpc) is 2.72. The fourth-order valence-corrected chi connectivity index (χ4v) is 3.87. The van der Waals surface area contributed by atoms with Crippen molar-refractivity contribution in [2.24, 2.45) is 11.8 Å². The lowest BCUT2D eigenvalue weighted by molar-refractivity contribution is -0.148. The fourth-order valence-electron chi connectivity index (χ4n) is 3.87. The number of benzene rings is 1. The van der Waals surface area contributed by atoms with Crippen molar-refractivity contribution in [2.75, 3.05) is 32.8 Å². The Morgan fingerprint density at radius 3 is 2.50 bits per heavy atom. The van der Waals surface area contributed by atoms with Crippen LogP contribution in [-0.4, -0.2) is 54.7 Å². The maximum atomic E-state index is 12.5. The van der Waals surface area contributed by atoms with Crippen LogP contribution in [0.2, 0.25) is 0 Å². The quantitative estimate of drug-likeness (QED) is 0.607. The van der Waals surface area contributed by atoms with E-state index >= 15 is 0 Å². The number of aliphatic carboxylic acids is 1. The van der Waals surface area contributed by atoms with Crippen molar-refractivity contribution in [1.82, 2.24) is 10.2 Å². The Kier molecular flexibility index (Phi) is 9.28. The van der Waals surface area contributed by atoms with E-state index in [2.05, 4.69) is 24.1 Å². The second-order valence-electron chi connectivity index (χ2n) is 7.36. The molecule has 1 aliphatic carbocycles. The van der Waals surface area contributed by atoms with E-state index in [1.165, 1.54) is 0 Å².